The molecule has 22 heavy (non-hydrogen) atoms. The minimum Gasteiger partial charge on any atom is -0.479 e. The number of carbonyl (C=O) groups is 1. The zero-order valence-corrected chi connectivity index (χ0v) is 12.0. The predicted molar refractivity (Wildman–Crippen MR) is 81.7 cm³/mol. The highest BCUT2D eigenvalue weighted by atomic mass is 16.5. The number of hydrogen-bond donors (Lipinski definition) is 0. The van der Waals surface area contributed by atoms with Crippen LogP contribution in [0.2, 0.25) is 0 Å². The Kier molecular flexibility index (Phi) is 3.63. The van der Waals surface area contributed by atoms with Gasteiger partial charge in [-0.25, -0.2) is 0 Å². The Morgan fingerprint density at radius 2 is 2.00 bits per heavy atom. The first kappa shape index (κ1) is 13.9. The van der Waals surface area contributed by atoms with E-state index in [1.54, 1.807) is 24.3 Å². The van der Waals surface area contributed by atoms with Gasteiger partial charge >= 0.3 is 0 Å². The fraction of sp³-hybridized carbons (Fsp3) is 0.111. The van der Waals surface area contributed by atoms with E-state index >= 15 is 0 Å². The number of Topliss-reactive ketones (excluding diaryl/α,β-unsaturated/α-hetero) is 1. The quantitative estimate of drug-likeness (QED) is 0.812. The van der Waals surface area contributed by atoms with E-state index < -0.39 is 0 Å². The lowest BCUT2D eigenvalue weighted by Crippen LogP contribution is -1.98. The van der Waals surface area contributed by atoms with Gasteiger partial charge in [-0.2, -0.15) is 5.26 Å². The van der Waals surface area contributed by atoms with Gasteiger partial charge in [-0.15, -0.1) is 0 Å². The highest BCUT2D eigenvalue weighted by Crippen LogP contribution is 2.34. The lowest BCUT2D eigenvalue weighted by atomic mass is 10.1. The van der Waals surface area contributed by atoms with Crippen molar-refractivity contribution in [3.05, 3.63) is 64.9 Å². The molecule has 0 saturated heterocycles. The average molecular weight is 291 g/mol. The molecule has 3 rings (SSSR count). The average Bonchev–Trinajstić information content (AvgIpc) is 2.83. The third-order valence-corrected chi connectivity index (χ3v) is 3.32. The maximum Gasteiger partial charge on any atom is 0.231 e. The topological polar surface area (TPSA) is 59.3 Å². The number of carbonyl (C=O) groups excluding carboxylic acids is 1. The first-order valence-corrected chi connectivity index (χ1v) is 6.82. The second-order valence-corrected chi connectivity index (χ2v) is 4.96. The molecule has 0 aromatic heterocycles. The summed E-state index contributed by atoms with van der Waals surface area (Å²) < 4.78 is 10.8. The van der Waals surface area contributed by atoms with Crippen molar-refractivity contribution >= 4 is 11.9 Å². The molecule has 0 unspecified atom stereocenters. The van der Waals surface area contributed by atoms with E-state index in [0.29, 0.717) is 17.1 Å². The molecule has 0 bridgehead atoms. The number of ketones is 1. The predicted octanol–water partition coefficient (Wildman–Crippen LogP) is 3.51. The Morgan fingerprint density at radius 1 is 1.23 bits per heavy atom. The van der Waals surface area contributed by atoms with Crippen LogP contribution in [-0.2, 0) is 0 Å². The molecular weight excluding hydrogens is 278 g/mol. The Hall–Kier alpha value is -3.06. The van der Waals surface area contributed by atoms with Crippen LogP contribution in [0.5, 0.6) is 11.5 Å². The number of allylic oxidation sites excluding steroid dienone is 1. The lowest BCUT2D eigenvalue weighted by molar-refractivity contribution is 0.101. The highest BCUT2D eigenvalue weighted by Gasteiger charge is 2.27. The van der Waals surface area contributed by atoms with Crippen molar-refractivity contribution in [2.75, 3.05) is 6.61 Å². The van der Waals surface area contributed by atoms with Gasteiger partial charge in [0, 0.05) is 6.07 Å². The molecule has 0 N–H and O–H groups in total. The van der Waals surface area contributed by atoms with E-state index in [1.807, 2.05) is 37.3 Å². The van der Waals surface area contributed by atoms with Crippen molar-refractivity contribution in [2.24, 2.45) is 0 Å². The first-order valence-electron chi connectivity index (χ1n) is 6.82. The van der Waals surface area contributed by atoms with Crippen LogP contribution in [0.15, 0.2) is 48.2 Å². The molecular formula is C18H13NO3. The molecule has 4 nitrogen and oxygen atoms in total. The smallest absolute Gasteiger partial charge is 0.231 e. The van der Waals surface area contributed by atoms with E-state index in [9.17, 15) is 4.79 Å². The van der Waals surface area contributed by atoms with E-state index in [0.717, 1.165) is 11.1 Å². The molecule has 0 atom stereocenters. The number of nitriles is 1. The number of benzene rings is 2. The summed E-state index contributed by atoms with van der Waals surface area (Å²) >= 11 is 0. The van der Waals surface area contributed by atoms with Gasteiger partial charge in [0.25, 0.3) is 0 Å². The molecule has 4 heteroatoms. The first-order chi connectivity index (χ1) is 10.7. The largest absolute Gasteiger partial charge is 0.479 e. The Bertz CT molecular complexity index is 798. The fourth-order valence-corrected chi connectivity index (χ4v) is 2.19. The molecule has 1 aliphatic rings. The summed E-state index contributed by atoms with van der Waals surface area (Å²) in [6.07, 6.45) is 1.72. The van der Waals surface area contributed by atoms with E-state index in [2.05, 4.69) is 0 Å². The molecule has 1 aliphatic heterocycles. The molecule has 0 fully saturated rings. The Morgan fingerprint density at radius 3 is 2.73 bits per heavy atom. The van der Waals surface area contributed by atoms with Crippen molar-refractivity contribution in [1.29, 1.82) is 5.26 Å². The monoisotopic (exact) mass is 291 g/mol. The van der Waals surface area contributed by atoms with Gasteiger partial charge in [-0.3, -0.25) is 4.79 Å². The summed E-state index contributed by atoms with van der Waals surface area (Å²) in [4.78, 5) is 12.3. The molecule has 0 radical (unpaired) electrons. The van der Waals surface area contributed by atoms with Crippen LogP contribution in [0, 0.1) is 18.3 Å². The molecule has 0 spiro atoms. The van der Waals surface area contributed by atoms with Crippen LogP contribution in [0.4, 0.5) is 0 Å². The van der Waals surface area contributed by atoms with Crippen LogP contribution >= 0.6 is 0 Å². The summed E-state index contributed by atoms with van der Waals surface area (Å²) in [5, 5.41) is 8.52. The summed E-state index contributed by atoms with van der Waals surface area (Å²) in [5.74, 6) is 1.10. The van der Waals surface area contributed by atoms with E-state index in [4.69, 9.17) is 14.7 Å². The van der Waals surface area contributed by atoms with Crippen LogP contribution < -0.4 is 9.47 Å². The summed E-state index contributed by atoms with van der Waals surface area (Å²) in [6, 6.07) is 14.7. The minimum absolute atomic E-state index is 0.0429. The molecule has 0 aliphatic carbocycles. The van der Waals surface area contributed by atoms with Crippen molar-refractivity contribution in [3.8, 4) is 17.6 Å². The van der Waals surface area contributed by atoms with Crippen molar-refractivity contribution in [1.82, 2.24) is 0 Å². The number of aryl methyl sites for hydroxylation is 1. The zero-order chi connectivity index (χ0) is 15.5. The van der Waals surface area contributed by atoms with Crippen LogP contribution in [0.25, 0.3) is 6.08 Å². The summed E-state index contributed by atoms with van der Waals surface area (Å²) in [6.45, 7) is 1.96. The van der Waals surface area contributed by atoms with Gasteiger partial charge in [0.15, 0.2) is 12.4 Å². The molecule has 0 saturated carbocycles. The Balaban J connectivity index is 1.87. The van der Waals surface area contributed by atoms with E-state index in [-0.39, 0.29) is 18.1 Å². The normalized spacial score (nSPS) is 14.4. The third-order valence-electron chi connectivity index (χ3n) is 3.32. The zero-order valence-electron chi connectivity index (χ0n) is 12.0. The van der Waals surface area contributed by atoms with Crippen LogP contribution in [0.3, 0.4) is 0 Å². The third kappa shape index (κ3) is 2.70. The van der Waals surface area contributed by atoms with Crippen molar-refractivity contribution in [3.63, 3.8) is 0 Å². The van der Waals surface area contributed by atoms with Crippen LogP contribution in [0.1, 0.15) is 21.5 Å². The van der Waals surface area contributed by atoms with Gasteiger partial charge in [0.2, 0.25) is 5.78 Å². The number of ether oxygens (including phenoxy) is 2. The molecule has 108 valence electrons. The van der Waals surface area contributed by atoms with E-state index in [1.165, 1.54) is 0 Å². The van der Waals surface area contributed by atoms with Gasteiger partial charge in [0.05, 0.1) is 5.56 Å². The Labute approximate surface area is 128 Å². The molecule has 2 aromatic rings. The molecule has 0 amide bonds. The number of fused-ring (bicyclic) bond motifs is 1. The second kappa shape index (κ2) is 5.74. The van der Waals surface area contributed by atoms with Crippen LogP contribution in [-0.4, -0.2) is 12.4 Å². The minimum atomic E-state index is -0.151. The highest BCUT2D eigenvalue weighted by molar-refractivity contribution is 6.14. The lowest BCUT2D eigenvalue weighted by Gasteiger charge is -2.03. The second-order valence-electron chi connectivity index (χ2n) is 4.96. The molecule has 2 aromatic carbocycles. The van der Waals surface area contributed by atoms with Gasteiger partial charge < -0.3 is 9.47 Å². The number of hydrogen-bond acceptors (Lipinski definition) is 4. The standard InChI is InChI=1S/C18H13NO3/c1-12-2-4-13(5-3-12)10-17-18(20)15-7-6-14(21-9-8-19)11-16(15)22-17/h2-7,10-11H,9H2,1H3/b17-10-. The molecule has 1 heterocycles. The SMILES string of the molecule is Cc1ccc(/C=C2\Oc3cc(OCC#N)ccc3C2=O)cc1. The number of nitrogens with zero attached hydrogens (tertiary/aromatic N) is 1. The number of rotatable bonds is 3. The summed E-state index contributed by atoms with van der Waals surface area (Å²) in [7, 11) is 0. The van der Waals surface area contributed by atoms with Gasteiger partial charge in [-0.05, 0) is 30.7 Å². The van der Waals surface area contributed by atoms with Crippen molar-refractivity contribution in [2.45, 2.75) is 6.92 Å². The van der Waals surface area contributed by atoms with Crippen molar-refractivity contribution < 1.29 is 14.3 Å². The maximum absolute atomic E-state index is 12.3. The summed E-state index contributed by atoms with van der Waals surface area (Å²) in [5.41, 5.74) is 2.56. The van der Waals surface area contributed by atoms with Gasteiger partial charge in [-0.1, -0.05) is 29.8 Å². The van der Waals surface area contributed by atoms with Gasteiger partial charge in [0.1, 0.15) is 17.6 Å². The fourth-order valence-electron chi connectivity index (χ4n) is 2.19. The maximum atomic E-state index is 12.3.